The lowest BCUT2D eigenvalue weighted by atomic mass is 9.95. The van der Waals surface area contributed by atoms with Crippen LogP contribution in [0.15, 0.2) is 80.1 Å². The van der Waals surface area contributed by atoms with Gasteiger partial charge in [0, 0.05) is 17.2 Å². The molecule has 2 aromatic carbocycles. The maximum atomic E-state index is 14.0. The van der Waals surface area contributed by atoms with Crippen molar-refractivity contribution in [2.45, 2.75) is 46.8 Å². The number of carbonyl (C=O) groups excluding carboxylic acids is 2. The predicted octanol–water partition coefficient (Wildman–Crippen LogP) is 4.94. The van der Waals surface area contributed by atoms with Crippen molar-refractivity contribution in [3.63, 3.8) is 0 Å². The van der Waals surface area contributed by atoms with E-state index in [1.54, 1.807) is 44.2 Å². The van der Waals surface area contributed by atoms with Crippen molar-refractivity contribution in [2.24, 2.45) is 4.99 Å². The van der Waals surface area contributed by atoms with Crippen LogP contribution in [-0.4, -0.2) is 36.3 Å². The highest BCUT2D eigenvalue weighted by atomic mass is 32.1. The van der Waals surface area contributed by atoms with Crippen molar-refractivity contribution in [1.82, 2.24) is 4.57 Å². The van der Waals surface area contributed by atoms with E-state index in [-0.39, 0.29) is 23.8 Å². The second-order valence-electron chi connectivity index (χ2n) is 10.2. The second kappa shape index (κ2) is 12.3. The number of rotatable bonds is 8. The van der Waals surface area contributed by atoms with Crippen LogP contribution in [0.25, 0.3) is 17.4 Å². The van der Waals surface area contributed by atoms with Gasteiger partial charge in [-0.1, -0.05) is 35.6 Å². The Balaban J connectivity index is 1.64. The number of para-hydroxylation sites is 1. The number of esters is 2. The van der Waals surface area contributed by atoms with Gasteiger partial charge in [0.2, 0.25) is 0 Å². The van der Waals surface area contributed by atoms with Gasteiger partial charge in [-0.15, -0.1) is 0 Å². The summed E-state index contributed by atoms with van der Waals surface area (Å²) in [6, 6.07) is 15.4. The van der Waals surface area contributed by atoms with E-state index < -0.39 is 18.0 Å². The number of aromatic nitrogens is 1. The molecule has 9 nitrogen and oxygen atoms in total. The Labute approximate surface area is 252 Å². The van der Waals surface area contributed by atoms with Crippen molar-refractivity contribution in [3.05, 3.63) is 108 Å². The molecule has 0 saturated heterocycles. The average Bonchev–Trinajstić information content (AvgIpc) is 3.56. The third-order valence-electron chi connectivity index (χ3n) is 6.92. The molecule has 4 aromatic rings. The standard InChI is InChI=1S/C33H32N2O7S/c1-7-40-32(38)28-20(5)34-33-35(29(28)23-10-8-9-11-25(23)41-18(2)3)30(36)27(43-33)17-22-14-15-26(42-22)24-16-21(31(37)39-6)13-12-19(24)4/h8-18,29H,7H2,1-6H3/b27-17+/t29-/m1/s1. The van der Waals surface area contributed by atoms with Gasteiger partial charge in [0.25, 0.3) is 5.56 Å². The Hall–Kier alpha value is -4.70. The van der Waals surface area contributed by atoms with Gasteiger partial charge in [-0.2, -0.15) is 0 Å². The van der Waals surface area contributed by atoms with E-state index in [1.807, 2.05) is 51.1 Å². The molecular weight excluding hydrogens is 568 g/mol. The molecule has 1 atom stereocenters. The fourth-order valence-corrected chi connectivity index (χ4v) is 6.02. The van der Waals surface area contributed by atoms with E-state index in [1.165, 1.54) is 23.0 Å². The highest BCUT2D eigenvalue weighted by Crippen LogP contribution is 2.36. The van der Waals surface area contributed by atoms with Gasteiger partial charge in [0.15, 0.2) is 4.80 Å². The molecule has 5 rings (SSSR count). The maximum absolute atomic E-state index is 14.0. The number of furan rings is 1. The molecule has 0 N–H and O–H groups in total. The van der Waals surface area contributed by atoms with Gasteiger partial charge in [0.1, 0.15) is 23.3 Å². The molecule has 0 spiro atoms. The summed E-state index contributed by atoms with van der Waals surface area (Å²) in [6.45, 7) is 9.41. The van der Waals surface area contributed by atoms with Gasteiger partial charge < -0.3 is 18.6 Å². The number of allylic oxidation sites excluding steroid dienone is 1. The predicted molar refractivity (Wildman–Crippen MR) is 163 cm³/mol. The zero-order chi connectivity index (χ0) is 30.8. The lowest BCUT2D eigenvalue weighted by Gasteiger charge is -2.26. The highest BCUT2D eigenvalue weighted by Gasteiger charge is 2.35. The monoisotopic (exact) mass is 600 g/mol. The number of thiazole rings is 1. The van der Waals surface area contributed by atoms with E-state index in [2.05, 4.69) is 4.99 Å². The van der Waals surface area contributed by atoms with Crippen LogP contribution in [0.5, 0.6) is 5.75 Å². The smallest absolute Gasteiger partial charge is 0.338 e. The molecule has 1 aliphatic rings. The van der Waals surface area contributed by atoms with Crippen LogP contribution < -0.4 is 19.6 Å². The molecule has 43 heavy (non-hydrogen) atoms. The maximum Gasteiger partial charge on any atom is 0.338 e. The Morgan fingerprint density at radius 1 is 1.09 bits per heavy atom. The molecule has 0 amide bonds. The molecule has 10 heteroatoms. The lowest BCUT2D eigenvalue weighted by Crippen LogP contribution is -2.40. The van der Waals surface area contributed by atoms with Gasteiger partial charge in [-0.25, -0.2) is 14.6 Å². The molecule has 0 radical (unpaired) electrons. The minimum absolute atomic E-state index is 0.127. The Kier molecular flexibility index (Phi) is 8.50. The summed E-state index contributed by atoms with van der Waals surface area (Å²) in [5.41, 5.74) is 3.13. The van der Waals surface area contributed by atoms with Crippen molar-refractivity contribution >= 4 is 29.4 Å². The van der Waals surface area contributed by atoms with Gasteiger partial charge in [-0.3, -0.25) is 9.36 Å². The summed E-state index contributed by atoms with van der Waals surface area (Å²) in [5.74, 6) is 0.572. The Morgan fingerprint density at radius 3 is 2.58 bits per heavy atom. The van der Waals surface area contributed by atoms with E-state index >= 15 is 0 Å². The van der Waals surface area contributed by atoms with E-state index in [4.69, 9.17) is 18.6 Å². The van der Waals surface area contributed by atoms with Gasteiger partial charge in [0.05, 0.1) is 41.2 Å². The number of carbonyl (C=O) groups is 2. The highest BCUT2D eigenvalue weighted by molar-refractivity contribution is 7.07. The Morgan fingerprint density at radius 2 is 1.86 bits per heavy atom. The number of hydrogen-bond acceptors (Lipinski definition) is 9. The molecule has 0 aliphatic carbocycles. The van der Waals surface area contributed by atoms with Crippen molar-refractivity contribution in [1.29, 1.82) is 0 Å². The molecule has 0 fully saturated rings. The molecule has 0 saturated carbocycles. The summed E-state index contributed by atoms with van der Waals surface area (Å²) < 4.78 is 24.4. The van der Waals surface area contributed by atoms with Crippen molar-refractivity contribution < 1.29 is 28.2 Å². The average molecular weight is 601 g/mol. The SMILES string of the molecule is CCOC(=O)C1=C(C)N=c2s/c(=C/c3ccc(-c4cc(C(=O)OC)ccc4C)o3)c(=O)n2[C@@H]1c1ccccc1OC(C)C. The second-order valence-corrected chi connectivity index (χ2v) is 11.2. The fraction of sp³-hybridized carbons (Fsp3) is 0.273. The number of fused-ring (bicyclic) bond motifs is 1. The number of aryl methyl sites for hydroxylation is 1. The van der Waals surface area contributed by atoms with E-state index in [0.29, 0.717) is 43.4 Å². The summed E-state index contributed by atoms with van der Waals surface area (Å²) in [5, 5.41) is 0. The molecule has 0 bridgehead atoms. The molecule has 0 unspecified atom stereocenters. The van der Waals surface area contributed by atoms with Crippen LogP contribution in [0.1, 0.15) is 61.0 Å². The third kappa shape index (κ3) is 5.83. The van der Waals surface area contributed by atoms with Crippen LogP contribution in [0.4, 0.5) is 0 Å². The molecule has 1 aliphatic heterocycles. The first-order valence-corrected chi connectivity index (χ1v) is 14.7. The van der Waals surface area contributed by atoms with Crippen LogP contribution in [0.2, 0.25) is 0 Å². The first kappa shape index (κ1) is 29.8. The van der Waals surface area contributed by atoms with Crippen molar-refractivity contribution in [3.8, 4) is 17.1 Å². The fourth-order valence-electron chi connectivity index (χ4n) is 4.99. The topological polar surface area (TPSA) is 109 Å². The lowest BCUT2D eigenvalue weighted by molar-refractivity contribution is -0.139. The first-order chi connectivity index (χ1) is 20.6. The first-order valence-electron chi connectivity index (χ1n) is 13.9. The number of benzene rings is 2. The summed E-state index contributed by atoms with van der Waals surface area (Å²) >= 11 is 1.20. The molecular formula is C33H32N2O7S. The summed E-state index contributed by atoms with van der Waals surface area (Å²) in [7, 11) is 1.33. The van der Waals surface area contributed by atoms with Crippen LogP contribution >= 0.6 is 11.3 Å². The summed E-state index contributed by atoms with van der Waals surface area (Å²) in [6.07, 6.45) is 1.53. The van der Waals surface area contributed by atoms with Gasteiger partial charge in [-0.05, 0) is 70.5 Å². The zero-order valence-electron chi connectivity index (χ0n) is 24.8. The van der Waals surface area contributed by atoms with Gasteiger partial charge >= 0.3 is 11.9 Å². The number of hydrogen-bond donors (Lipinski definition) is 0. The van der Waals surface area contributed by atoms with E-state index in [0.717, 1.165) is 11.1 Å². The number of ether oxygens (including phenoxy) is 3. The number of methoxy groups -OCH3 is 1. The van der Waals surface area contributed by atoms with Crippen LogP contribution in [-0.2, 0) is 14.3 Å². The molecule has 2 aromatic heterocycles. The largest absolute Gasteiger partial charge is 0.491 e. The minimum Gasteiger partial charge on any atom is -0.491 e. The third-order valence-corrected chi connectivity index (χ3v) is 7.90. The normalized spacial score (nSPS) is 14.9. The van der Waals surface area contributed by atoms with Crippen LogP contribution in [0, 0.1) is 6.92 Å². The Bertz CT molecular complexity index is 1930. The minimum atomic E-state index is -0.803. The number of nitrogens with zero attached hydrogens (tertiary/aromatic N) is 2. The van der Waals surface area contributed by atoms with Crippen molar-refractivity contribution in [2.75, 3.05) is 13.7 Å². The summed E-state index contributed by atoms with van der Waals surface area (Å²) in [4.78, 5) is 44.4. The molecule has 3 heterocycles. The quantitative estimate of drug-likeness (QED) is 0.264. The van der Waals surface area contributed by atoms with E-state index in [9.17, 15) is 14.4 Å². The zero-order valence-corrected chi connectivity index (χ0v) is 25.6. The van der Waals surface area contributed by atoms with Crippen LogP contribution in [0.3, 0.4) is 0 Å². The molecule has 222 valence electrons.